The normalized spacial score (nSPS) is 24.4. The topological polar surface area (TPSA) is 81.8 Å². The summed E-state index contributed by atoms with van der Waals surface area (Å²) in [5, 5.41) is 5.70. The highest BCUT2D eigenvalue weighted by atomic mass is 16.2. The molecule has 2 atom stereocenters. The van der Waals surface area contributed by atoms with Crippen molar-refractivity contribution in [3.63, 3.8) is 0 Å². The Morgan fingerprint density at radius 1 is 1.29 bits per heavy atom. The minimum absolute atomic E-state index is 0.0966. The molecule has 1 spiro atoms. The molecule has 3 rings (SSSR count). The highest BCUT2D eigenvalue weighted by Crippen LogP contribution is 2.38. The van der Waals surface area contributed by atoms with Crippen LogP contribution in [0.5, 0.6) is 0 Å². The summed E-state index contributed by atoms with van der Waals surface area (Å²) in [6, 6.07) is 9.59. The van der Waals surface area contributed by atoms with Crippen LogP contribution in [-0.2, 0) is 9.59 Å². The molecule has 0 radical (unpaired) electrons. The zero-order valence-electron chi connectivity index (χ0n) is 16.7. The van der Waals surface area contributed by atoms with Gasteiger partial charge in [0.05, 0.1) is 0 Å². The summed E-state index contributed by atoms with van der Waals surface area (Å²) in [7, 11) is 2.01. The Hall–Kier alpha value is -2.57. The fraction of sp³-hybridized carbons (Fsp3) is 0.571. The van der Waals surface area contributed by atoms with Crippen LogP contribution in [0.25, 0.3) is 0 Å². The van der Waals surface area contributed by atoms with Gasteiger partial charge in [0.15, 0.2) is 0 Å². The van der Waals surface area contributed by atoms with Gasteiger partial charge in [-0.05, 0) is 37.3 Å². The van der Waals surface area contributed by atoms with Gasteiger partial charge in [0.25, 0.3) is 5.91 Å². The van der Waals surface area contributed by atoms with Gasteiger partial charge < -0.3 is 15.5 Å². The highest BCUT2D eigenvalue weighted by molar-refractivity contribution is 6.09. The third-order valence-corrected chi connectivity index (χ3v) is 5.99. The van der Waals surface area contributed by atoms with Crippen molar-refractivity contribution in [2.75, 3.05) is 31.6 Å². The Labute approximate surface area is 166 Å². The van der Waals surface area contributed by atoms with E-state index in [0.29, 0.717) is 13.0 Å². The molecule has 7 heteroatoms. The number of amides is 4. The second-order valence-corrected chi connectivity index (χ2v) is 7.90. The van der Waals surface area contributed by atoms with Crippen LogP contribution in [-0.4, -0.2) is 55.0 Å². The van der Waals surface area contributed by atoms with E-state index in [1.165, 1.54) is 0 Å². The number of benzene rings is 1. The van der Waals surface area contributed by atoms with E-state index >= 15 is 0 Å². The lowest BCUT2D eigenvalue weighted by Gasteiger charge is -2.36. The molecular weight excluding hydrogens is 356 g/mol. The predicted molar refractivity (Wildman–Crippen MR) is 108 cm³/mol. The maximum absolute atomic E-state index is 12.9. The van der Waals surface area contributed by atoms with E-state index in [1.807, 2.05) is 44.3 Å². The average Bonchev–Trinajstić information content (AvgIpc) is 2.93. The van der Waals surface area contributed by atoms with Gasteiger partial charge in [0.2, 0.25) is 5.91 Å². The second kappa shape index (κ2) is 8.63. The number of hydrogen-bond acceptors (Lipinski definition) is 4. The largest absolute Gasteiger partial charge is 0.375 e. The molecule has 1 aromatic carbocycles. The summed E-state index contributed by atoms with van der Waals surface area (Å²) in [6.45, 7) is 3.09. The molecule has 1 saturated heterocycles. The minimum atomic E-state index is -0.811. The fourth-order valence-corrected chi connectivity index (χ4v) is 4.19. The molecule has 0 bridgehead atoms. The van der Waals surface area contributed by atoms with Crippen LogP contribution < -0.4 is 15.5 Å². The zero-order valence-corrected chi connectivity index (χ0v) is 16.7. The number of urea groups is 1. The van der Waals surface area contributed by atoms with E-state index in [4.69, 9.17) is 0 Å². The Kier molecular flexibility index (Phi) is 6.21. The van der Waals surface area contributed by atoms with Crippen LogP contribution in [0.4, 0.5) is 10.5 Å². The highest BCUT2D eigenvalue weighted by Gasteiger charge is 2.55. The molecule has 0 aromatic heterocycles. The Balaban J connectivity index is 1.44. The Morgan fingerprint density at radius 2 is 2.04 bits per heavy atom. The SMILES string of the molecule is C[C@@H]1CCCC[C@@]12NC(=O)N(CC(=O)NCCCN(C)c1ccccc1)C2=O. The van der Waals surface area contributed by atoms with Crippen molar-refractivity contribution >= 4 is 23.5 Å². The first kappa shape index (κ1) is 20.2. The zero-order chi connectivity index (χ0) is 20.1. The third kappa shape index (κ3) is 4.13. The number of nitrogens with one attached hydrogen (secondary N) is 2. The van der Waals surface area contributed by atoms with Crippen molar-refractivity contribution in [1.82, 2.24) is 15.5 Å². The predicted octanol–water partition coefficient (Wildman–Crippen LogP) is 2.13. The van der Waals surface area contributed by atoms with Crippen molar-refractivity contribution in [2.45, 2.75) is 44.6 Å². The molecule has 152 valence electrons. The van der Waals surface area contributed by atoms with Crippen LogP contribution in [0.3, 0.4) is 0 Å². The summed E-state index contributed by atoms with van der Waals surface area (Å²) in [4.78, 5) is 40.7. The molecule has 1 aliphatic heterocycles. The van der Waals surface area contributed by atoms with Gasteiger partial charge in [-0.3, -0.25) is 14.5 Å². The molecule has 1 aliphatic carbocycles. The van der Waals surface area contributed by atoms with E-state index in [0.717, 1.165) is 42.8 Å². The molecule has 2 N–H and O–H groups in total. The number of hydrogen-bond donors (Lipinski definition) is 2. The molecule has 2 fully saturated rings. The second-order valence-electron chi connectivity index (χ2n) is 7.90. The van der Waals surface area contributed by atoms with Crippen LogP contribution in [0.1, 0.15) is 39.0 Å². The number of anilines is 1. The fourth-order valence-electron chi connectivity index (χ4n) is 4.19. The summed E-state index contributed by atoms with van der Waals surface area (Å²) < 4.78 is 0. The maximum atomic E-state index is 12.9. The molecular formula is C21H30N4O3. The molecule has 1 saturated carbocycles. The molecule has 7 nitrogen and oxygen atoms in total. The number of rotatable bonds is 7. The molecule has 1 heterocycles. The molecule has 2 aliphatic rings. The van der Waals surface area contributed by atoms with E-state index in [9.17, 15) is 14.4 Å². The van der Waals surface area contributed by atoms with E-state index in [-0.39, 0.29) is 24.3 Å². The first-order valence-corrected chi connectivity index (χ1v) is 10.1. The van der Waals surface area contributed by atoms with E-state index in [1.54, 1.807) is 0 Å². The van der Waals surface area contributed by atoms with E-state index < -0.39 is 11.6 Å². The van der Waals surface area contributed by atoms with Gasteiger partial charge in [0, 0.05) is 25.8 Å². The number of imide groups is 1. The molecule has 1 aromatic rings. The summed E-state index contributed by atoms with van der Waals surface area (Å²) in [5.74, 6) is -0.450. The quantitative estimate of drug-likeness (QED) is 0.556. The van der Waals surface area contributed by atoms with Gasteiger partial charge in [0.1, 0.15) is 12.1 Å². The lowest BCUT2D eigenvalue weighted by molar-refractivity contribution is -0.137. The van der Waals surface area contributed by atoms with Crippen LogP contribution >= 0.6 is 0 Å². The van der Waals surface area contributed by atoms with Gasteiger partial charge in [-0.15, -0.1) is 0 Å². The summed E-state index contributed by atoms with van der Waals surface area (Å²) in [6.07, 6.45) is 4.34. The first-order valence-electron chi connectivity index (χ1n) is 10.1. The van der Waals surface area contributed by atoms with Gasteiger partial charge >= 0.3 is 6.03 Å². The van der Waals surface area contributed by atoms with Crippen molar-refractivity contribution in [2.24, 2.45) is 5.92 Å². The van der Waals surface area contributed by atoms with Crippen molar-refractivity contribution in [3.05, 3.63) is 30.3 Å². The minimum Gasteiger partial charge on any atom is -0.375 e. The molecule has 0 unspecified atom stereocenters. The Morgan fingerprint density at radius 3 is 2.75 bits per heavy atom. The van der Waals surface area contributed by atoms with Crippen molar-refractivity contribution in [3.8, 4) is 0 Å². The van der Waals surface area contributed by atoms with Gasteiger partial charge in [-0.1, -0.05) is 38.0 Å². The van der Waals surface area contributed by atoms with Gasteiger partial charge in [-0.2, -0.15) is 0 Å². The monoisotopic (exact) mass is 386 g/mol. The lowest BCUT2D eigenvalue weighted by atomic mass is 9.73. The van der Waals surface area contributed by atoms with Gasteiger partial charge in [-0.25, -0.2) is 4.79 Å². The first-order chi connectivity index (χ1) is 13.4. The lowest BCUT2D eigenvalue weighted by Crippen LogP contribution is -2.54. The van der Waals surface area contributed by atoms with Crippen molar-refractivity contribution in [1.29, 1.82) is 0 Å². The van der Waals surface area contributed by atoms with Crippen molar-refractivity contribution < 1.29 is 14.4 Å². The maximum Gasteiger partial charge on any atom is 0.325 e. The van der Waals surface area contributed by atoms with Crippen LogP contribution in [0.2, 0.25) is 0 Å². The number of para-hydroxylation sites is 1. The number of carbonyl (C=O) groups is 3. The molecule has 4 amide bonds. The van der Waals surface area contributed by atoms with E-state index in [2.05, 4.69) is 15.5 Å². The summed E-state index contributed by atoms with van der Waals surface area (Å²) >= 11 is 0. The van der Waals surface area contributed by atoms with Crippen LogP contribution in [0, 0.1) is 5.92 Å². The third-order valence-electron chi connectivity index (χ3n) is 5.99. The standard InChI is InChI=1S/C21H30N4O3/c1-16-9-6-7-12-21(16)19(27)25(20(28)23-21)15-18(26)22-13-8-14-24(2)17-10-4-3-5-11-17/h3-5,10-11,16H,6-9,12-15H2,1-2H3,(H,22,26)(H,23,28)/t16-,21-/m1/s1. The Bertz CT molecular complexity index is 724. The number of nitrogens with zero attached hydrogens (tertiary/aromatic N) is 2. The summed E-state index contributed by atoms with van der Waals surface area (Å²) in [5.41, 5.74) is 0.314. The molecule has 28 heavy (non-hydrogen) atoms. The number of carbonyl (C=O) groups excluding carboxylic acids is 3. The average molecular weight is 386 g/mol. The van der Waals surface area contributed by atoms with Crippen LogP contribution in [0.15, 0.2) is 30.3 Å². The smallest absolute Gasteiger partial charge is 0.325 e.